The number of benzene rings is 1. The van der Waals surface area contributed by atoms with Gasteiger partial charge in [-0.1, -0.05) is 34.1 Å². The first-order valence-corrected chi connectivity index (χ1v) is 8.09. The molecule has 1 aliphatic heterocycles. The highest BCUT2D eigenvalue weighted by molar-refractivity contribution is 9.09. The summed E-state index contributed by atoms with van der Waals surface area (Å²) in [4.78, 5) is 5.76. The Kier molecular flexibility index (Phi) is 5.12. The molecule has 7 nitrogen and oxygen atoms in total. The summed E-state index contributed by atoms with van der Waals surface area (Å²) in [7, 11) is 0. The standard InChI is InChI=1S/C14H15BrClNO6/c15-13(19)12-11(22-16)10(9(18)14(20)21-12)23-17-6-5-7-3-1-2-4-8(7)17/h1-6,9-14,18-20H/t9-,10-,11+,12+,13?,14-/m1/s1. The predicted molar refractivity (Wildman–Crippen MR) is 84.9 cm³/mol. The Balaban J connectivity index is 1.91. The number of alkyl halides is 1. The zero-order valence-corrected chi connectivity index (χ0v) is 14.0. The van der Waals surface area contributed by atoms with E-state index >= 15 is 0 Å². The number of fused-ring (bicyclic) bond motifs is 1. The van der Waals surface area contributed by atoms with Crippen LogP contribution in [0, 0.1) is 0 Å². The summed E-state index contributed by atoms with van der Waals surface area (Å²) >= 11 is 8.44. The zero-order valence-electron chi connectivity index (χ0n) is 11.7. The largest absolute Gasteiger partial charge is 0.405 e. The molecule has 2 heterocycles. The molecule has 0 saturated carbocycles. The third-order valence-electron chi connectivity index (χ3n) is 3.75. The van der Waals surface area contributed by atoms with Crippen molar-refractivity contribution < 1.29 is 29.2 Å². The van der Waals surface area contributed by atoms with Crippen LogP contribution in [0.15, 0.2) is 36.5 Å². The number of aromatic nitrogens is 1. The molecule has 0 bridgehead atoms. The Morgan fingerprint density at radius 2 is 1.96 bits per heavy atom. The molecule has 23 heavy (non-hydrogen) atoms. The first-order chi connectivity index (χ1) is 11.0. The lowest BCUT2D eigenvalue weighted by Gasteiger charge is -2.41. The van der Waals surface area contributed by atoms with Crippen molar-refractivity contribution in [3.05, 3.63) is 36.5 Å². The van der Waals surface area contributed by atoms with Crippen LogP contribution in [-0.4, -0.2) is 55.8 Å². The van der Waals surface area contributed by atoms with Gasteiger partial charge in [0.2, 0.25) is 0 Å². The molecule has 0 amide bonds. The second kappa shape index (κ2) is 6.94. The smallest absolute Gasteiger partial charge is 0.186 e. The minimum Gasteiger partial charge on any atom is -0.405 e. The molecule has 1 aromatic heterocycles. The molecule has 1 aromatic carbocycles. The second-order valence-electron chi connectivity index (χ2n) is 5.18. The summed E-state index contributed by atoms with van der Waals surface area (Å²) in [6, 6.07) is 9.32. The molecule has 2 aromatic rings. The van der Waals surface area contributed by atoms with E-state index in [1.54, 1.807) is 6.20 Å². The number of rotatable bonds is 4. The van der Waals surface area contributed by atoms with Crippen LogP contribution in [0.2, 0.25) is 0 Å². The summed E-state index contributed by atoms with van der Waals surface area (Å²) in [5, 5.41) is 29.5. The van der Waals surface area contributed by atoms with Crippen LogP contribution in [-0.2, 0) is 9.03 Å². The van der Waals surface area contributed by atoms with Crippen molar-refractivity contribution in [2.75, 3.05) is 0 Å². The van der Waals surface area contributed by atoms with Crippen LogP contribution < -0.4 is 4.84 Å². The molecule has 1 unspecified atom stereocenters. The Bertz CT molecular complexity index is 668. The minimum absolute atomic E-state index is 0.768. The summed E-state index contributed by atoms with van der Waals surface area (Å²) in [6.45, 7) is 0. The Morgan fingerprint density at radius 1 is 1.22 bits per heavy atom. The van der Waals surface area contributed by atoms with E-state index < -0.39 is 35.7 Å². The van der Waals surface area contributed by atoms with Gasteiger partial charge in [-0.3, -0.25) is 4.29 Å². The van der Waals surface area contributed by atoms with Gasteiger partial charge >= 0.3 is 0 Å². The zero-order chi connectivity index (χ0) is 16.6. The van der Waals surface area contributed by atoms with Gasteiger partial charge in [-0.05, 0) is 12.1 Å². The van der Waals surface area contributed by atoms with Gasteiger partial charge in [0.05, 0.1) is 17.4 Å². The summed E-state index contributed by atoms with van der Waals surface area (Å²) in [6.07, 6.45) is -4.42. The molecule has 0 spiro atoms. The number of nitrogens with zero attached hydrogens (tertiary/aromatic N) is 1. The molecule has 1 fully saturated rings. The lowest BCUT2D eigenvalue weighted by molar-refractivity contribution is -0.291. The summed E-state index contributed by atoms with van der Waals surface area (Å²) < 4.78 is 11.4. The maximum absolute atomic E-state index is 10.2. The van der Waals surface area contributed by atoms with Gasteiger partial charge in [0.25, 0.3) is 0 Å². The van der Waals surface area contributed by atoms with E-state index in [-0.39, 0.29) is 0 Å². The topological polar surface area (TPSA) is 93.3 Å². The van der Waals surface area contributed by atoms with Gasteiger partial charge in [0.1, 0.15) is 17.2 Å². The van der Waals surface area contributed by atoms with E-state index in [9.17, 15) is 15.3 Å². The van der Waals surface area contributed by atoms with E-state index in [0.29, 0.717) is 0 Å². The average molecular weight is 409 g/mol. The third-order valence-corrected chi connectivity index (χ3v) is 4.47. The molecule has 6 atom stereocenters. The van der Waals surface area contributed by atoms with Crippen molar-refractivity contribution >= 4 is 38.7 Å². The van der Waals surface area contributed by atoms with Gasteiger partial charge in [0.15, 0.2) is 18.5 Å². The first kappa shape index (κ1) is 17.0. The number of hydrogen-bond donors (Lipinski definition) is 3. The summed E-state index contributed by atoms with van der Waals surface area (Å²) in [5.74, 6) is 0. The Morgan fingerprint density at radius 3 is 2.65 bits per heavy atom. The fourth-order valence-electron chi connectivity index (χ4n) is 2.59. The molecule has 3 rings (SSSR count). The van der Waals surface area contributed by atoms with Gasteiger partial charge in [-0.15, -0.1) is 0 Å². The van der Waals surface area contributed by atoms with Crippen molar-refractivity contribution in [1.29, 1.82) is 0 Å². The fourth-order valence-corrected chi connectivity index (χ4v) is 3.22. The maximum atomic E-state index is 10.2. The lowest BCUT2D eigenvalue weighted by atomic mass is 9.99. The Labute approximate surface area is 145 Å². The van der Waals surface area contributed by atoms with Crippen LogP contribution in [0.25, 0.3) is 10.9 Å². The molecule has 1 aliphatic rings. The van der Waals surface area contributed by atoms with Gasteiger partial charge in [0, 0.05) is 11.6 Å². The van der Waals surface area contributed by atoms with Gasteiger partial charge in [-0.2, -0.15) is 4.73 Å². The van der Waals surface area contributed by atoms with E-state index in [1.807, 2.05) is 30.3 Å². The highest BCUT2D eigenvalue weighted by atomic mass is 79.9. The van der Waals surface area contributed by atoms with Crippen molar-refractivity contribution in [2.24, 2.45) is 0 Å². The van der Waals surface area contributed by atoms with Crippen molar-refractivity contribution in [3.63, 3.8) is 0 Å². The number of halogens is 2. The number of aliphatic hydroxyl groups is 3. The Hall–Kier alpha value is -0.870. The van der Waals surface area contributed by atoms with Gasteiger partial charge < -0.3 is 24.9 Å². The maximum Gasteiger partial charge on any atom is 0.186 e. The van der Waals surface area contributed by atoms with Gasteiger partial charge in [-0.25, -0.2) is 0 Å². The highest BCUT2D eigenvalue weighted by Crippen LogP contribution is 2.29. The van der Waals surface area contributed by atoms with Crippen molar-refractivity contribution in [2.45, 2.75) is 35.7 Å². The molecule has 0 radical (unpaired) electrons. The number of ether oxygens (including phenoxy) is 1. The molecule has 3 N–H and O–H groups in total. The quantitative estimate of drug-likeness (QED) is 0.647. The van der Waals surface area contributed by atoms with Crippen LogP contribution in [0.5, 0.6) is 0 Å². The SMILES string of the molecule is OC(Br)[C@H]1O[C@@H](O)[C@H](O)[C@@H](On2ccc3ccccc32)[C@@H]1OCl. The molecule has 0 aliphatic carbocycles. The average Bonchev–Trinajstić information content (AvgIpc) is 2.94. The van der Waals surface area contributed by atoms with E-state index in [0.717, 1.165) is 10.9 Å². The van der Waals surface area contributed by atoms with Crippen LogP contribution >= 0.6 is 27.8 Å². The summed E-state index contributed by atoms with van der Waals surface area (Å²) in [5.41, 5.74) is 0.768. The first-order valence-electron chi connectivity index (χ1n) is 6.87. The van der Waals surface area contributed by atoms with Crippen molar-refractivity contribution in [1.82, 2.24) is 4.73 Å². The number of aliphatic hydroxyl groups excluding tert-OH is 3. The molecule has 9 heteroatoms. The van der Waals surface area contributed by atoms with E-state index in [1.165, 1.54) is 4.73 Å². The predicted octanol–water partition coefficient (Wildman–Crippen LogP) is 0.769. The number of hydrogen-bond acceptors (Lipinski definition) is 6. The van der Waals surface area contributed by atoms with Crippen molar-refractivity contribution in [3.8, 4) is 0 Å². The van der Waals surface area contributed by atoms with E-state index in [4.69, 9.17) is 25.7 Å². The van der Waals surface area contributed by atoms with E-state index in [2.05, 4.69) is 15.9 Å². The molecular weight excluding hydrogens is 394 g/mol. The number of para-hydroxylation sites is 1. The monoisotopic (exact) mass is 407 g/mol. The molecule has 126 valence electrons. The molecular formula is C14H15BrClNO6. The van der Waals surface area contributed by atoms with Crippen LogP contribution in [0.3, 0.4) is 0 Å². The minimum atomic E-state index is -1.55. The lowest BCUT2D eigenvalue weighted by Crippen LogP contribution is -2.63. The highest BCUT2D eigenvalue weighted by Gasteiger charge is 2.50. The van der Waals surface area contributed by atoms with Crippen LogP contribution in [0.4, 0.5) is 0 Å². The third kappa shape index (κ3) is 3.20. The normalized spacial score (nSPS) is 32.8. The second-order valence-corrected chi connectivity index (χ2v) is 6.29. The molecule has 1 saturated heterocycles. The fraction of sp³-hybridized carbons (Fsp3) is 0.429. The van der Waals surface area contributed by atoms with Crippen LogP contribution in [0.1, 0.15) is 0 Å².